The molecule has 0 heterocycles. The van der Waals surface area contributed by atoms with Crippen LogP contribution >= 0.6 is 11.6 Å². The lowest BCUT2D eigenvalue weighted by Gasteiger charge is -2.30. The van der Waals surface area contributed by atoms with Crippen LogP contribution in [-0.4, -0.2) is 37.4 Å². The Morgan fingerprint density at radius 3 is 2.43 bits per heavy atom. The van der Waals surface area contributed by atoms with E-state index in [1.165, 1.54) is 0 Å². The Balaban J connectivity index is 2.77. The van der Waals surface area contributed by atoms with Gasteiger partial charge >= 0.3 is 0 Å². The summed E-state index contributed by atoms with van der Waals surface area (Å²) in [7, 11) is 1.68. The SMILES string of the molecule is CCCOC(C)(CC(C)C)C(=O)Nc1ccc(OCCC(C)(C)OC)c(Cl)c1. The van der Waals surface area contributed by atoms with Crippen molar-refractivity contribution in [3.05, 3.63) is 23.2 Å². The molecule has 1 aromatic rings. The number of ether oxygens (including phenoxy) is 3. The van der Waals surface area contributed by atoms with Crippen LogP contribution < -0.4 is 10.1 Å². The highest BCUT2D eigenvalue weighted by Gasteiger charge is 2.35. The number of hydrogen-bond donors (Lipinski definition) is 1. The molecule has 0 aliphatic heterocycles. The number of carbonyl (C=O) groups excluding carboxylic acids is 1. The second-order valence-corrected chi connectivity index (χ2v) is 8.75. The number of halogens is 1. The number of hydrogen-bond acceptors (Lipinski definition) is 4. The molecule has 160 valence electrons. The van der Waals surface area contributed by atoms with E-state index in [1.807, 2.05) is 27.7 Å². The number of carbonyl (C=O) groups is 1. The molecular formula is C22H36ClNO4. The molecule has 0 saturated heterocycles. The van der Waals surface area contributed by atoms with Gasteiger partial charge in [-0.2, -0.15) is 0 Å². The summed E-state index contributed by atoms with van der Waals surface area (Å²) < 4.78 is 17.0. The molecule has 6 heteroatoms. The number of benzene rings is 1. The van der Waals surface area contributed by atoms with Gasteiger partial charge in [-0.1, -0.05) is 32.4 Å². The zero-order valence-electron chi connectivity index (χ0n) is 18.4. The van der Waals surface area contributed by atoms with Gasteiger partial charge in [-0.15, -0.1) is 0 Å². The molecule has 0 aliphatic rings. The first kappa shape index (κ1) is 24.7. The molecule has 5 nitrogen and oxygen atoms in total. The molecule has 1 unspecified atom stereocenters. The first-order chi connectivity index (χ1) is 13.0. The molecule has 0 aliphatic carbocycles. The summed E-state index contributed by atoms with van der Waals surface area (Å²) in [5.74, 6) is 0.753. The van der Waals surface area contributed by atoms with Crippen molar-refractivity contribution >= 4 is 23.2 Å². The highest BCUT2D eigenvalue weighted by atomic mass is 35.5. The number of rotatable bonds is 12. The fourth-order valence-corrected chi connectivity index (χ4v) is 3.03. The van der Waals surface area contributed by atoms with Crippen molar-refractivity contribution in [2.45, 2.75) is 72.0 Å². The van der Waals surface area contributed by atoms with Crippen molar-refractivity contribution in [1.82, 2.24) is 0 Å². The summed E-state index contributed by atoms with van der Waals surface area (Å²) in [4.78, 5) is 12.9. The Morgan fingerprint density at radius 2 is 1.89 bits per heavy atom. The van der Waals surface area contributed by atoms with E-state index in [1.54, 1.807) is 25.3 Å². The van der Waals surface area contributed by atoms with Gasteiger partial charge in [0.1, 0.15) is 11.4 Å². The van der Waals surface area contributed by atoms with Gasteiger partial charge in [0.25, 0.3) is 5.91 Å². The van der Waals surface area contributed by atoms with E-state index in [0.29, 0.717) is 42.0 Å². The first-order valence-electron chi connectivity index (χ1n) is 9.96. The number of amides is 1. The normalized spacial score (nSPS) is 14.0. The van der Waals surface area contributed by atoms with Crippen LogP contribution in [0.5, 0.6) is 5.75 Å². The van der Waals surface area contributed by atoms with Crippen molar-refractivity contribution < 1.29 is 19.0 Å². The van der Waals surface area contributed by atoms with Crippen LogP contribution in [0.3, 0.4) is 0 Å². The topological polar surface area (TPSA) is 56.8 Å². The third-order valence-corrected chi connectivity index (χ3v) is 4.90. The molecule has 0 fully saturated rings. The number of methoxy groups -OCH3 is 1. The fourth-order valence-electron chi connectivity index (χ4n) is 2.79. The second-order valence-electron chi connectivity index (χ2n) is 8.34. The Bertz CT molecular complexity index is 633. The van der Waals surface area contributed by atoms with Crippen LogP contribution in [0.4, 0.5) is 5.69 Å². The summed E-state index contributed by atoms with van der Waals surface area (Å²) in [5.41, 5.74) is -0.508. The summed E-state index contributed by atoms with van der Waals surface area (Å²) >= 11 is 6.34. The molecule has 1 amide bonds. The summed E-state index contributed by atoms with van der Waals surface area (Å²) in [6.45, 7) is 13.1. The third-order valence-electron chi connectivity index (χ3n) is 4.61. The lowest BCUT2D eigenvalue weighted by atomic mass is 9.93. The lowest BCUT2D eigenvalue weighted by molar-refractivity contribution is -0.141. The molecule has 0 spiro atoms. The minimum Gasteiger partial charge on any atom is -0.492 e. The largest absolute Gasteiger partial charge is 0.492 e. The second kappa shape index (κ2) is 11.0. The summed E-state index contributed by atoms with van der Waals surface area (Å²) in [6, 6.07) is 5.26. The van der Waals surface area contributed by atoms with Gasteiger partial charge in [0.05, 0.1) is 17.2 Å². The Kier molecular flexibility index (Phi) is 9.75. The van der Waals surface area contributed by atoms with E-state index < -0.39 is 5.60 Å². The predicted octanol–water partition coefficient (Wildman–Crippen LogP) is 5.70. The van der Waals surface area contributed by atoms with Crippen molar-refractivity contribution in [1.29, 1.82) is 0 Å². The maximum Gasteiger partial charge on any atom is 0.256 e. The Labute approximate surface area is 175 Å². The summed E-state index contributed by atoms with van der Waals surface area (Å²) in [5, 5.41) is 3.38. The highest BCUT2D eigenvalue weighted by Crippen LogP contribution is 2.30. The van der Waals surface area contributed by atoms with Gasteiger partial charge in [0.2, 0.25) is 0 Å². The average Bonchev–Trinajstić information content (AvgIpc) is 2.61. The van der Waals surface area contributed by atoms with Crippen LogP contribution in [0.15, 0.2) is 18.2 Å². The first-order valence-corrected chi connectivity index (χ1v) is 10.3. The number of anilines is 1. The molecule has 0 saturated carbocycles. The van der Waals surface area contributed by atoms with Gasteiger partial charge in [0.15, 0.2) is 0 Å². The summed E-state index contributed by atoms with van der Waals surface area (Å²) in [6.07, 6.45) is 2.24. The van der Waals surface area contributed by atoms with Gasteiger partial charge in [-0.25, -0.2) is 0 Å². The third kappa shape index (κ3) is 7.98. The van der Waals surface area contributed by atoms with Crippen LogP contribution in [0.25, 0.3) is 0 Å². The van der Waals surface area contributed by atoms with E-state index in [-0.39, 0.29) is 11.5 Å². The van der Waals surface area contributed by atoms with Crippen molar-refractivity contribution in [2.75, 3.05) is 25.6 Å². The van der Waals surface area contributed by atoms with E-state index in [9.17, 15) is 4.79 Å². The van der Waals surface area contributed by atoms with E-state index in [4.69, 9.17) is 25.8 Å². The molecular weight excluding hydrogens is 378 g/mol. The van der Waals surface area contributed by atoms with Crippen LogP contribution in [0.1, 0.15) is 60.8 Å². The molecule has 1 rings (SSSR count). The minimum atomic E-state index is -0.877. The standard InChI is InChI=1S/C22H36ClNO4/c1-8-12-28-22(6,15-16(2)3)20(25)24-17-9-10-19(18(23)14-17)27-13-11-21(4,5)26-7/h9-10,14,16H,8,11-13,15H2,1-7H3,(H,24,25). The maximum absolute atomic E-state index is 12.9. The minimum absolute atomic E-state index is 0.166. The zero-order chi connectivity index (χ0) is 21.4. The monoisotopic (exact) mass is 413 g/mol. The lowest BCUT2D eigenvalue weighted by Crippen LogP contribution is -2.44. The molecule has 0 bridgehead atoms. The Hall–Kier alpha value is -1.30. The van der Waals surface area contributed by atoms with Crippen molar-refractivity contribution in [3.63, 3.8) is 0 Å². The zero-order valence-corrected chi connectivity index (χ0v) is 19.1. The van der Waals surface area contributed by atoms with Gasteiger partial charge in [0, 0.05) is 25.8 Å². The smallest absolute Gasteiger partial charge is 0.256 e. The van der Waals surface area contributed by atoms with Gasteiger partial charge in [-0.3, -0.25) is 4.79 Å². The quantitative estimate of drug-likeness (QED) is 0.477. The molecule has 0 radical (unpaired) electrons. The van der Waals surface area contributed by atoms with E-state index in [2.05, 4.69) is 19.2 Å². The van der Waals surface area contributed by atoms with Crippen LogP contribution in [0.2, 0.25) is 5.02 Å². The van der Waals surface area contributed by atoms with Crippen LogP contribution in [0, 0.1) is 5.92 Å². The Morgan fingerprint density at radius 1 is 1.21 bits per heavy atom. The van der Waals surface area contributed by atoms with E-state index >= 15 is 0 Å². The molecule has 1 atom stereocenters. The molecule has 28 heavy (non-hydrogen) atoms. The molecule has 0 aromatic heterocycles. The van der Waals surface area contributed by atoms with Crippen molar-refractivity contribution in [2.24, 2.45) is 5.92 Å². The maximum atomic E-state index is 12.9. The number of nitrogens with one attached hydrogen (secondary N) is 1. The molecule has 1 aromatic carbocycles. The average molecular weight is 414 g/mol. The fraction of sp³-hybridized carbons (Fsp3) is 0.682. The van der Waals surface area contributed by atoms with E-state index in [0.717, 1.165) is 12.8 Å². The van der Waals surface area contributed by atoms with Gasteiger partial charge in [-0.05, 0) is 57.7 Å². The molecule has 1 N–H and O–H groups in total. The van der Waals surface area contributed by atoms with Crippen molar-refractivity contribution in [3.8, 4) is 5.75 Å². The highest BCUT2D eigenvalue weighted by molar-refractivity contribution is 6.32. The van der Waals surface area contributed by atoms with Crippen LogP contribution in [-0.2, 0) is 14.3 Å². The predicted molar refractivity (Wildman–Crippen MR) is 115 cm³/mol. The van der Waals surface area contributed by atoms with Gasteiger partial charge < -0.3 is 19.5 Å².